The topological polar surface area (TPSA) is 46.2 Å². The first-order chi connectivity index (χ1) is 6.84. The van der Waals surface area contributed by atoms with Gasteiger partial charge in [-0.1, -0.05) is 27.7 Å². The summed E-state index contributed by atoms with van der Waals surface area (Å²) in [5, 5.41) is 3.23. The van der Waals surface area contributed by atoms with E-state index in [4.69, 9.17) is 0 Å². The Kier molecular flexibility index (Phi) is 7.02. The van der Waals surface area contributed by atoms with Crippen LogP contribution in [-0.4, -0.2) is 34.1 Å². The van der Waals surface area contributed by atoms with E-state index in [1.54, 1.807) is 6.26 Å². The largest absolute Gasteiger partial charge is 0.305 e. The highest BCUT2D eigenvalue weighted by atomic mass is 32.2. The van der Waals surface area contributed by atoms with E-state index in [1.807, 2.05) is 27.7 Å². The Hall–Kier alpha value is -0.220. The SMILES string of the molecule is CC(C)NC(CCS(C)=O)C(=O)C(C)C. The highest BCUT2D eigenvalue weighted by Crippen LogP contribution is 2.05. The molecule has 0 amide bonds. The molecule has 0 radical (unpaired) electrons. The van der Waals surface area contributed by atoms with Gasteiger partial charge < -0.3 is 5.32 Å². The zero-order valence-electron chi connectivity index (χ0n) is 10.4. The molecule has 0 fully saturated rings. The van der Waals surface area contributed by atoms with Crippen molar-refractivity contribution in [2.24, 2.45) is 5.92 Å². The summed E-state index contributed by atoms with van der Waals surface area (Å²) < 4.78 is 11.0. The first kappa shape index (κ1) is 14.8. The number of hydrogen-bond acceptors (Lipinski definition) is 3. The van der Waals surface area contributed by atoms with Crippen LogP contribution in [0.5, 0.6) is 0 Å². The molecule has 0 aromatic rings. The number of Topliss-reactive ketones (excluding diaryl/α,β-unsaturated/α-hetero) is 1. The summed E-state index contributed by atoms with van der Waals surface area (Å²) >= 11 is 0. The van der Waals surface area contributed by atoms with Crippen molar-refractivity contribution < 1.29 is 9.00 Å². The van der Waals surface area contributed by atoms with Crippen molar-refractivity contribution in [1.82, 2.24) is 5.32 Å². The molecule has 0 aliphatic heterocycles. The molecule has 3 nitrogen and oxygen atoms in total. The third-order valence-electron chi connectivity index (χ3n) is 2.14. The molecule has 90 valence electrons. The Bertz CT molecular complexity index is 227. The standard InChI is InChI=1S/C11H23NO2S/c1-8(2)11(13)10(12-9(3)4)6-7-15(5)14/h8-10,12H,6-7H2,1-5H3. The summed E-state index contributed by atoms with van der Waals surface area (Å²) in [6.07, 6.45) is 2.34. The second-order valence-corrected chi connectivity index (χ2v) is 6.05. The Morgan fingerprint density at radius 1 is 1.27 bits per heavy atom. The van der Waals surface area contributed by atoms with Crippen molar-refractivity contribution in [3.63, 3.8) is 0 Å². The van der Waals surface area contributed by atoms with Crippen molar-refractivity contribution in [2.45, 2.75) is 46.2 Å². The molecule has 0 aliphatic carbocycles. The first-order valence-electron chi connectivity index (χ1n) is 5.44. The maximum atomic E-state index is 11.8. The average molecular weight is 233 g/mol. The van der Waals surface area contributed by atoms with Crippen molar-refractivity contribution in [3.8, 4) is 0 Å². The van der Waals surface area contributed by atoms with Crippen LogP contribution in [0.1, 0.15) is 34.1 Å². The van der Waals surface area contributed by atoms with E-state index in [1.165, 1.54) is 0 Å². The van der Waals surface area contributed by atoms with Gasteiger partial charge in [0.05, 0.1) is 6.04 Å². The summed E-state index contributed by atoms with van der Waals surface area (Å²) in [6, 6.07) is 0.136. The van der Waals surface area contributed by atoms with Crippen LogP contribution in [0, 0.1) is 5.92 Å². The average Bonchev–Trinajstić information content (AvgIpc) is 2.10. The van der Waals surface area contributed by atoms with Crippen molar-refractivity contribution >= 4 is 16.6 Å². The monoisotopic (exact) mass is 233 g/mol. The molecule has 2 atom stereocenters. The second kappa shape index (κ2) is 7.12. The van der Waals surface area contributed by atoms with Gasteiger partial charge in [-0.25, -0.2) is 0 Å². The smallest absolute Gasteiger partial charge is 0.152 e. The number of hydrogen-bond donors (Lipinski definition) is 1. The third kappa shape index (κ3) is 6.79. The fourth-order valence-electron chi connectivity index (χ4n) is 1.40. The van der Waals surface area contributed by atoms with E-state index in [2.05, 4.69) is 5.32 Å². The molecular weight excluding hydrogens is 210 g/mol. The van der Waals surface area contributed by atoms with Crippen LogP contribution in [0.3, 0.4) is 0 Å². The fraction of sp³-hybridized carbons (Fsp3) is 0.909. The molecule has 2 unspecified atom stereocenters. The van der Waals surface area contributed by atoms with Gasteiger partial charge in [0.25, 0.3) is 0 Å². The Labute approximate surface area is 95.5 Å². The summed E-state index contributed by atoms with van der Waals surface area (Å²) in [6.45, 7) is 7.84. The molecule has 0 aromatic heterocycles. The molecule has 0 rings (SSSR count). The van der Waals surface area contributed by atoms with Gasteiger partial charge in [-0.15, -0.1) is 0 Å². The van der Waals surface area contributed by atoms with Crippen LogP contribution in [0.4, 0.5) is 0 Å². The summed E-state index contributed by atoms with van der Waals surface area (Å²) in [5.74, 6) is 0.837. The summed E-state index contributed by atoms with van der Waals surface area (Å²) in [5.41, 5.74) is 0. The molecule has 15 heavy (non-hydrogen) atoms. The van der Waals surface area contributed by atoms with Crippen molar-refractivity contribution in [3.05, 3.63) is 0 Å². The molecule has 4 heteroatoms. The van der Waals surface area contributed by atoms with Crippen LogP contribution in [0.15, 0.2) is 0 Å². The Morgan fingerprint density at radius 2 is 1.80 bits per heavy atom. The molecule has 1 N–H and O–H groups in total. The van der Waals surface area contributed by atoms with Gasteiger partial charge >= 0.3 is 0 Å². The molecule has 0 bridgehead atoms. The summed E-state index contributed by atoms with van der Waals surface area (Å²) in [4.78, 5) is 11.8. The maximum absolute atomic E-state index is 11.8. The number of carbonyl (C=O) groups is 1. The zero-order chi connectivity index (χ0) is 12.0. The van der Waals surface area contributed by atoms with Crippen molar-refractivity contribution in [1.29, 1.82) is 0 Å². The lowest BCUT2D eigenvalue weighted by Crippen LogP contribution is -2.43. The Balaban J connectivity index is 4.30. The minimum absolute atomic E-state index is 0.0338. The van der Waals surface area contributed by atoms with E-state index < -0.39 is 10.8 Å². The van der Waals surface area contributed by atoms with E-state index in [9.17, 15) is 9.00 Å². The van der Waals surface area contributed by atoms with Crippen molar-refractivity contribution in [2.75, 3.05) is 12.0 Å². The normalized spacial score (nSPS) is 15.7. The highest BCUT2D eigenvalue weighted by Gasteiger charge is 2.21. The van der Waals surface area contributed by atoms with Crippen LogP contribution in [0.2, 0.25) is 0 Å². The minimum atomic E-state index is -0.823. The summed E-state index contributed by atoms with van der Waals surface area (Å²) in [7, 11) is -0.823. The van der Waals surface area contributed by atoms with E-state index >= 15 is 0 Å². The number of nitrogens with one attached hydrogen (secondary N) is 1. The van der Waals surface area contributed by atoms with Crippen LogP contribution >= 0.6 is 0 Å². The molecule has 0 saturated carbocycles. The van der Waals surface area contributed by atoms with Gasteiger partial charge in [0, 0.05) is 34.8 Å². The lowest BCUT2D eigenvalue weighted by Gasteiger charge is -2.21. The fourth-order valence-corrected chi connectivity index (χ4v) is 1.96. The molecular formula is C11H23NO2S. The zero-order valence-corrected chi connectivity index (χ0v) is 11.2. The molecule has 0 spiro atoms. The molecule has 0 aromatic carbocycles. The van der Waals surface area contributed by atoms with Gasteiger partial charge in [-0.2, -0.15) is 0 Å². The van der Waals surface area contributed by atoms with Crippen LogP contribution in [0.25, 0.3) is 0 Å². The van der Waals surface area contributed by atoms with E-state index in [-0.39, 0.29) is 23.8 Å². The minimum Gasteiger partial charge on any atom is -0.305 e. The quantitative estimate of drug-likeness (QED) is 0.722. The highest BCUT2D eigenvalue weighted by molar-refractivity contribution is 7.84. The number of ketones is 1. The van der Waals surface area contributed by atoms with Gasteiger partial charge in [0.2, 0.25) is 0 Å². The predicted octanol–water partition coefficient (Wildman–Crippen LogP) is 1.35. The second-order valence-electron chi connectivity index (χ2n) is 4.50. The van der Waals surface area contributed by atoms with Gasteiger partial charge in [0.15, 0.2) is 5.78 Å². The van der Waals surface area contributed by atoms with Gasteiger partial charge in [0.1, 0.15) is 0 Å². The van der Waals surface area contributed by atoms with Crippen LogP contribution < -0.4 is 5.32 Å². The first-order valence-corrected chi connectivity index (χ1v) is 7.17. The number of carbonyl (C=O) groups excluding carboxylic acids is 1. The van der Waals surface area contributed by atoms with Gasteiger partial charge in [-0.3, -0.25) is 9.00 Å². The van der Waals surface area contributed by atoms with E-state index in [0.29, 0.717) is 12.2 Å². The lowest BCUT2D eigenvalue weighted by molar-refractivity contribution is -0.124. The third-order valence-corrected chi connectivity index (χ3v) is 2.95. The van der Waals surface area contributed by atoms with Crippen LogP contribution in [-0.2, 0) is 15.6 Å². The van der Waals surface area contributed by atoms with E-state index in [0.717, 1.165) is 0 Å². The maximum Gasteiger partial charge on any atom is 0.152 e. The number of rotatable bonds is 7. The van der Waals surface area contributed by atoms with Gasteiger partial charge in [-0.05, 0) is 6.42 Å². The molecule has 0 saturated heterocycles. The lowest BCUT2D eigenvalue weighted by atomic mass is 9.99. The molecule has 0 aliphatic rings. The Morgan fingerprint density at radius 3 is 2.13 bits per heavy atom. The molecule has 0 heterocycles. The predicted molar refractivity (Wildman–Crippen MR) is 65.5 cm³/mol.